The Morgan fingerprint density at radius 2 is 1.24 bits per heavy atom. The van der Waals surface area contributed by atoms with Crippen molar-refractivity contribution in [3.63, 3.8) is 0 Å². The van der Waals surface area contributed by atoms with Gasteiger partial charge in [-0.05, 0) is 104 Å². The third-order valence-electron chi connectivity index (χ3n) is 14.6. The molecule has 466 valence electrons. The van der Waals surface area contributed by atoms with E-state index in [1.54, 1.807) is 48.5 Å². The number of nitrogens with one attached hydrogen (secondary N) is 5. The highest BCUT2D eigenvalue weighted by atomic mass is 16.3. The average Bonchev–Trinajstić information content (AvgIpc) is 3.08. The molecule has 0 spiro atoms. The second-order valence-corrected chi connectivity index (χ2v) is 21.8. The predicted octanol–water partition coefficient (Wildman–Crippen LogP) is -2.39. The molecule has 28 nitrogen and oxygen atoms in total. The monoisotopic (exact) mass is 1190 g/mol. The Balaban J connectivity index is 1.42. The fourth-order valence-electron chi connectivity index (χ4n) is 10.3. The van der Waals surface area contributed by atoms with E-state index in [9.17, 15) is 53.4 Å². The van der Waals surface area contributed by atoms with Gasteiger partial charge in [0, 0.05) is 52.5 Å². The lowest BCUT2D eigenvalue weighted by Gasteiger charge is -2.36. The van der Waals surface area contributed by atoms with Gasteiger partial charge in [0.15, 0.2) is 11.9 Å². The van der Waals surface area contributed by atoms with Crippen LogP contribution in [0, 0.1) is 5.92 Å². The van der Waals surface area contributed by atoms with Gasteiger partial charge in [-0.15, -0.1) is 0 Å². The molecule has 10 amide bonds. The van der Waals surface area contributed by atoms with E-state index in [0.29, 0.717) is 23.1 Å². The van der Waals surface area contributed by atoms with Crippen molar-refractivity contribution >= 4 is 71.0 Å². The maximum atomic E-state index is 15.1. The van der Waals surface area contributed by atoms with E-state index in [-0.39, 0.29) is 120 Å². The number of likely N-dealkylation sites (tertiary alicyclic amines) is 1. The SMILES string of the molecule is CC(=O)N1Cc2cc(O)ccc2C[C@H]1C(=O)N[C@@H](Cc1ccccc1)C(=O)N[C@@H](CC(C)C)C(=O)N(CCc1ccc(O)cc1)CC(=O)N[C@@H](CCCN=C(N)N)C(=O)N1CCC[C@H]1C(=O)N[C@@H](CCCN=C(N)N)C(=O)N[C@@H](CC(N)=O)C(N)=O. The van der Waals surface area contributed by atoms with Gasteiger partial charge in [0.25, 0.3) is 0 Å². The summed E-state index contributed by atoms with van der Waals surface area (Å²) >= 11 is 0. The summed E-state index contributed by atoms with van der Waals surface area (Å²) in [6, 6.07) is 10.8. The van der Waals surface area contributed by atoms with Crippen molar-refractivity contribution < 1.29 is 58.2 Å². The maximum Gasteiger partial charge on any atom is 0.245 e. The number of phenols is 2. The Kier molecular flexibility index (Phi) is 25.5. The Hall–Kier alpha value is -9.50. The zero-order chi connectivity index (χ0) is 63.2. The molecular weight excluding hydrogens is 1110 g/mol. The third-order valence-corrected chi connectivity index (χ3v) is 14.6. The van der Waals surface area contributed by atoms with Gasteiger partial charge in [0.1, 0.15) is 53.8 Å². The minimum atomic E-state index is -1.51. The van der Waals surface area contributed by atoms with Crippen LogP contribution < -0.4 is 61.0 Å². The molecule has 19 N–H and O–H groups in total. The molecule has 0 aliphatic carbocycles. The van der Waals surface area contributed by atoms with Gasteiger partial charge in [-0.3, -0.25) is 57.9 Å². The summed E-state index contributed by atoms with van der Waals surface area (Å²) < 4.78 is 0. The molecule has 0 unspecified atom stereocenters. The number of guanidine groups is 2. The first-order valence-electron chi connectivity index (χ1n) is 28.5. The molecular formula is C58H82N16O12. The normalized spacial score (nSPS) is 16.1. The van der Waals surface area contributed by atoms with Crippen molar-refractivity contribution in [3.8, 4) is 11.5 Å². The zero-order valence-electron chi connectivity index (χ0n) is 48.7. The standard InChI is InChI=1S/C58H82N16O12/c1-33(2)26-45(71-52(82)44(27-36-10-5-4-6-11-36)70-54(84)47-29-37-17-20-40(77)28-38(37)31-74(47)34(3)75)55(85)72(25-21-35-15-18-39(76)19-16-35)32-49(79)67-42(13-8-23-66-58(63)64)56(86)73-24-9-14-46(73)53(83)68-41(12-7-22-65-57(61)62)51(81)69-43(50(60)80)30-48(59)78/h4-6,10-11,15-20,28,33,41-47,76-77H,7-9,12-14,21-27,29-32H2,1-3H3,(H2,59,78)(H2,60,80)(H,67,79)(H,68,83)(H,69,81)(H,70,84)(H,71,82)(H4,61,62,65)(H4,63,64,66)/t41-,42-,43-,44-,45-,46-,47-/m0/s1. The molecule has 1 fully saturated rings. The predicted molar refractivity (Wildman–Crippen MR) is 317 cm³/mol. The van der Waals surface area contributed by atoms with E-state index in [4.69, 9.17) is 34.4 Å². The van der Waals surface area contributed by atoms with Crippen LogP contribution in [0.2, 0.25) is 0 Å². The lowest BCUT2D eigenvalue weighted by atomic mass is 9.92. The number of amides is 10. The minimum absolute atomic E-state index is 0.00115. The number of nitrogens with two attached hydrogens (primary N) is 6. The highest BCUT2D eigenvalue weighted by molar-refractivity contribution is 5.98. The first-order chi connectivity index (χ1) is 40.8. The van der Waals surface area contributed by atoms with Crippen LogP contribution in [0.5, 0.6) is 11.5 Å². The van der Waals surface area contributed by atoms with Gasteiger partial charge >= 0.3 is 0 Å². The van der Waals surface area contributed by atoms with Crippen LogP contribution in [0.25, 0.3) is 0 Å². The van der Waals surface area contributed by atoms with Crippen LogP contribution in [0.4, 0.5) is 0 Å². The number of phenolic OH excluding ortho intramolecular Hbond substituents is 2. The summed E-state index contributed by atoms with van der Waals surface area (Å²) in [5.41, 5.74) is 35.6. The maximum absolute atomic E-state index is 15.1. The molecule has 5 rings (SSSR count). The summed E-state index contributed by atoms with van der Waals surface area (Å²) in [5.74, 6) is -8.24. The number of hydrogen-bond donors (Lipinski definition) is 13. The molecule has 2 heterocycles. The van der Waals surface area contributed by atoms with E-state index < -0.39 is 114 Å². The number of aromatic hydroxyl groups is 2. The summed E-state index contributed by atoms with van der Waals surface area (Å²) in [6.07, 6.45) is 0.342. The largest absolute Gasteiger partial charge is 0.508 e. The quantitative estimate of drug-likeness (QED) is 0.0182. The molecule has 2 aliphatic rings. The van der Waals surface area contributed by atoms with Gasteiger partial charge in [0.2, 0.25) is 59.1 Å². The molecule has 0 bridgehead atoms. The summed E-state index contributed by atoms with van der Waals surface area (Å²) in [4.78, 5) is 150. The second-order valence-electron chi connectivity index (χ2n) is 21.8. The van der Waals surface area contributed by atoms with Gasteiger partial charge in [-0.2, -0.15) is 0 Å². The van der Waals surface area contributed by atoms with E-state index in [1.807, 2.05) is 13.8 Å². The van der Waals surface area contributed by atoms with Crippen LogP contribution in [0.3, 0.4) is 0 Å². The molecule has 0 aromatic heterocycles. The van der Waals surface area contributed by atoms with Crippen LogP contribution in [0.15, 0.2) is 82.8 Å². The van der Waals surface area contributed by atoms with Gasteiger partial charge in [0.05, 0.1) is 13.0 Å². The summed E-state index contributed by atoms with van der Waals surface area (Å²) in [6.45, 7) is 4.42. The summed E-state index contributed by atoms with van der Waals surface area (Å²) in [7, 11) is 0. The molecule has 86 heavy (non-hydrogen) atoms. The van der Waals surface area contributed by atoms with E-state index in [1.165, 1.54) is 45.9 Å². The fourth-order valence-corrected chi connectivity index (χ4v) is 10.3. The van der Waals surface area contributed by atoms with Crippen LogP contribution >= 0.6 is 0 Å². The number of primary amides is 2. The number of fused-ring (bicyclic) bond motifs is 1. The molecule has 0 saturated carbocycles. The van der Waals surface area contributed by atoms with Crippen LogP contribution in [0.1, 0.15) is 94.4 Å². The molecule has 3 aromatic carbocycles. The highest BCUT2D eigenvalue weighted by Crippen LogP contribution is 2.28. The van der Waals surface area contributed by atoms with Gasteiger partial charge < -0.3 is 85.9 Å². The molecule has 28 heteroatoms. The zero-order valence-corrected chi connectivity index (χ0v) is 48.7. The Morgan fingerprint density at radius 3 is 1.85 bits per heavy atom. The lowest BCUT2D eigenvalue weighted by molar-refractivity contribution is -0.144. The van der Waals surface area contributed by atoms with E-state index in [2.05, 4.69) is 36.6 Å². The molecule has 1 saturated heterocycles. The van der Waals surface area contributed by atoms with E-state index >= 15 is 4.79 Å². The number of hydrogen-bond acceptors (Lipinski definition) is 14. The van der Waals surface area contributed by atoms with Crippen molar-refractivity contribution in [2.75, 3.05) is 32.7 Å². The second kappa shape index (κ2) is 32.5. The summed E-state index contributed by atoms with van der Waals surface area (Å²) in [5, 5.41) is 33.7. The topological polar surface area (TPSA) is 462 Å². The van der Waals surface area contributed by atoms with Crippen molar-refractivity contribution in [3.05, 3.63) is 95.1 Å². The molecule has 0 radical (unpaired) electrons. The molecule has 3 aromatic rings. The average molecular weight is 1200 g/mol. The number of rotatable bonds is 31. The highest BCUT2D eigenvalue weighted by Gasteiger charge is 2.41. The van der Waals surface area contributed by atoms with Crippen molar-refractivity contribution in [2.45, 2.75) is 140 Å². The number of carbonyl (C=O) groups is 10. The smallest absolute Gasteiger partial charge is 0.245 e. The number of carbonyl (C=O) groups excluding carboxylic acids is 10. The van der Waals surface area contributed by atoms with Crippen LogP contribution in [-0.2, 0) is 73.8 Å². The van der Waals surface area contributed by atoms with Crippen LogP contribution in [-0.4, -0.2) is 171 Å². The van der Waals surface area contributed by atoms with E-state index in [0.717, 1.165) is 5.56 Å². The minimum Gasteiger partial charge on any atom is -0.508 e. The van der Waals surface area contributed by atoms with Gasteiger partial charge in [-0.1, -0.05) is 62.4 Å². The van der Waals surface area contributed by atoms with Crippen molar-refractivity contribution in [1.82, 2.24) is 41.3 Å². The fraction of sp³-hybridized carbons (Fsp3) is 0.483. The van der Waals surface area contributed by atoms with Crippen molar-refractivity contribution in [2.24, 2.45) is 50.3 Å². The van der Waals surface area contributed by atoms with Crippen molar-refractivity contribution in [1.29, 1.82) is 0 Å². The Labute approximate surface area is 498 Å². The molecule has 7 atom stereocenters. The Bertz CT molecular complexity index is 2950. The molecule has 2 aliphatic heterocycles. The number of benzene rings is 3. The first kappa shape index (κ1) is 67.3. The number of aliphatic imine (C=N–C) groups is 2. The van der Waals surface area contributed by atoms with Gasteiger partial charge in [-0.25, -0.2) is 0 Å². The Morgan fingerprint density at radius 1 is 0.651 bits per heavy atom. The third kappa shape index (κ3) is 21.0. The number of nitrogens with zero attached hydrogens (tertiary/aromatic N) is 5. The first-order valence-corrected chi connectivity index (χ1v) is 28.5. The lowest BCUT2D eigenvalue weighted by Crippen LogP contribution is -2.60.